The second-order valence-corrected chi connectivity index (χ2v) is 5.00. The maximum absolute atomic E-state index is 11.9. The maximum atomic E-state index is 11.9. The van der Waals surface area contributed by atoms with Gasteiger partial charge in [-0.15, -0.1) is 0 Å². The number of benzene rings is 2. The van der Waals surface area contributed by atoms with Crippen LogP contribution in [0.4, 0.5) is 5.69 Å². The van der Waals surface area contributed by atoms with E-state index in [2.05, 4.69) is 5.32 Å². The predicted octanol–water partition coefficient (Wildman–Crippen LogP) is 3.80. The largest absolute Gasteiger partial charge is 0.490 e. The van der Waals surface area contributed by atoms with Crippen molar-refractivity contribution in [3.63, 3.8) is 0 Å². The van der Waals surface area contributed by atoms with Crippen molar-refractivity contribution in [2.24, 2.45) is 0 Å². The Labute approximate surface area is 131 Å². The van der Waals surface area contributed by atoms with Crippen LogP contribution in [0.2, 0.25) is 0 Å². The van der Waals surface area contributed by atoms with E-state index in [1.807, 2.05) is 56.3 Å². The maximum Gasteiger partial charge on any atom is 0.262 e. The average Bonchev–Trinajstić information content (AvgIpc) is 2.54. The number of aryl methyl sites for hydroxylation is 1. The van der Waals surface area contributed by atoms with Gasteiger partial charge in [-0.1, -0.05) is 36.8 Å². The van der Waals surface area contributed by atoms with Crippen molar-refractivity contribution in [2.45, 2.75) is 20.3 Å². The molecule has 1 N–H and O–H groups in total. The highest BCUT2D eigenvalue weighted by atomic mass is 16.5. The fourth-order valence-corrected chi connectivity index (χ4v) is 1.88. The Kier molecular flexibility index (Phi) is 5.83. The van der Waals surface area contributed by atoms with Gasteiger partial charge in [0.1, 0.15) is 0 Å². The van der Waals surface area contributed by atoms with E-state index in [9.17, 15) is 4.79 Å². The molecule has 4 nitrogen and oxygen atoms in total. The summed E-state index contributed by atoms with van der Waals surface area (Å²) in [6.07, 6.45) is 0.919. The number of nitrogens with one attached hydrogen (secondary N) is 1. The zero-order chi connectivity index (χ0) is 15.8. The van der Waals surface area contributed by atoms with E-state index in [4.69, 9.17) is 9.47 Å². The van der Waals surface area contributed by atoms with Gasteiger partial charge in [-0.25, -0.2) is 0 Å². The molecule has 0 aliphatic carbocycles. The van der Waals surface area contributed by atoms with Crippen LogP contribution in [0.15, 0.2) is 48.5 Å². The van der Waals surface area contributed by atoms with E-state index in [0.717, 1.165) is 17.7 Å². The second kappa shape index (κ2) is 8.08. The topological polar surface area (TPSA) is 47.6 Å². The Balaban J connectivity index is 1.89. The van der Waals surface area contributed by atoms with Crippen LogP contribution >= 0.6 is 0 Å². The molecule has 0 saturated carbocycles. The summed E-state index contributed by atoms with van der Waals surface area (Å²) in [6, 6.07) is 15.0. The smallest absolute Gasteiger partial charge is 0.262 e. The summed E-state index contributed by atoms with van der Waals surface area (Å²) in [5.41, 5.74) is 1.91. The van der Waals surface area contributed by atoms with Gasteiger partial charge in [-0.05, 0) is 37.6 Å². The summed E-state index contributed by atoms with van der Waals surface area (Å²) >= 11 is 0. The molecule has 1 amide bonds. The Hall–Kier alpha value is -2.49. The summed E-state index contributed by atoms with van der Waals surface area (Å²) in [6.45, 7) is 4.61. The molecule has 0 spiro atoms. The highest BCUT2D eigenvalue weighted by Crippen LogP contribution is 2.26. The molecule has 0 aliphatic heterocycles. The van der Waals surface area contributed by atoms with E-state index in [-0.39, 0.29) is 12.5 Å². The normalized spacial score (nSPS) is 10.1. The molecule has 22 heavy (non-hydrogen) atoms. The summed E-state index contributed by atoms with van der Waals surface area (Å²) < 4.78 is 11.1. The minimum atomic E-state index is -0.200. The molecule has 0 heterocycles. The van der Waals surface area contributed by atoms with Crippen molar-refractivity contribution in [3.05, 3.63) is 54.1 Å². The lowest BCUT2D eigenvalue weighted by atomic mass is 10.2. The van der Waals surface area contributed by atoms with Gasteiger partial charge in [-0.3, -0.25) is 4.79 Å². The van der Waals surface area contributed by atoms with E-state index < -0.39 is 0 Å². The quantitative estimate of drug-likeness (QED) is 0.846. The van der Waals surface area contributed by atoms with Gasteiger partial charge in [0.15, 0.2) is 18.1 Å². The van der Waals surface area contributed by atoms with Crippen molar-refractivity contribution in [1.82, 2.24) is 0 Å². The van der Waals surface area contributed by atoms with Crippen molar-refractivity contribution < 1.29 is 14.3 Å². The first kappa shape index (κ1) is 15.9. The van der Waals surface area contributed by atoms with Crippen molar-refractivity contribution >= 4 is 11.6 Å². The Morgan fingerprint density at radius 1 is 1.00 bits per heavy atom. The van der Waals surface area contributed by atoms with Gasteiger partial charge in [-0.2, -0.15) is 0 Å². The lowest BCUT2D eigenvalue weighted by Gasteiger charge is -2.12. The van der Waals surface area contributed by atoms with Crippen LogP contribution in [0.1, 0.15) is 18.9 Å². The molecule has 0 aliphatic rings. The molecule has 0 bridgehead atoms. The molecular weight excluding hydrogens is 278 g/mol. The van der Waals surface area contributed by atoms with Gasteiger partial charge >= 0.3 is 0 Å². The number of amides is 1. The van der Waals surface area contributed by atoms with Crippen LogP contribution in [-0.2, 0) is 4.79 Å². The van der Waals surface area contributed by atoms with Crippen LogP contribution in [0.5, 0.6) is 11.5 Å². The molecule has 2 rings (SSSR count). The number of ether oxygens (including phenoxy) is 2. The van der Waals surface area contributed by atoms with Crippen LogP contribution < -0.4 is 14.8 Å². The first-order chi connectivity index (χ1) is 10.7. The second-order valence-electron chi connectivity index (χ2n) is 5.00. The number of anilines is 1. The van der Waals surface area contributed by atoms with Crippen LogP contribution in [0.3, 0.4) is 0 Å². The minimum Gasteiger partial charge on any atom is -0.490 e. The molecule has 0 fully saturated rings. The zero-order valence-electron chi connectivity index (χ0n) is 13.0. The number of carbonyl (C=O) groups is 1. The minimum absolute atomic E-state index is 0.0552. The molecule has 0 saturated heterocycles. The summed E-state index contributed by atoms with van der Waals surface area (Å²) in [5, 5.41) is 2.80. The number of rotatable bonds is 7. The highest BCUT2D eigenvalue weighted by molar-refractivity contribution is 5.91. The summed E-state index contributed by atoms with van der Waals surface area (Å²) in [4.78, 5) is 11.9. The molecule has 4 heteroatoms. The lowest BCUT2D eigenvalue weighted by molar-refractivity contribution is -0.118. The lowest BCUT2D eigenvalue weighted by Crippen LogP contribution is -2.20. The third-order valence-corrected chi connectivity index (χ3v) is 3.00. The third kappa shape index (κ3) is 4.81. The molecule has 2 aromatic rings. The number of hydrogen-bond acceptors (Lipinski definition) is 3. The van der Waals surface area contributed by atoms with E-state index >= 15 is 0 Å². The predicted molar refractivity (Wildman–Crippen MR) is 87.5 cm³/mol. The van der Waals surface area contributed by atoms with Gasteiger partial charge in [0, 0.05) is 5.69 Å². The van der Waals surface area contributed by atoms with Gasteiger partial charge < -0.3 is 14.8 Å². The summed E-state index contributed by atoms with van der Waals surface area (Å²) in [7, 11) is 0. The molecule has 0 aromatic heterocycles. The van der Waals surface area contributed by atoms with Gasteiger partial charge in [0.2, 0.25) is 0 Å². The molecule has 0 radical (unpaired) electrons. The Morgan fingerprint density at radius 2 is 1.64 bits per heavy atom. The Morgan fingerprint density at radius 3 is 2.27 bits per heavy atom. The monoisotopic (exact) mass is 299 g/mol. The average molecular weight is 299 g/mol. The van der Waals surface area contributed by atoms with E-state index in [0.29, 0.717) is 18.1 Å². The van der Waals surface area contributed by atoms with Crippen LogP contribution in [-0.4, -0.2) is 19.1 Å². The molecule has 0 atom stereocenters. The zero-order valence-corrected chi connectivity index (χ0v) is 13.0. The highest BCUT2D eigenvalue weighted by Gasteiger charge is 2.07. The molecule has 116 valence electrons. The van der Waals surface area contributed by atoms with Crippen molar-refractivity contribution in [2.75, 3.05) is 18.5 Å². The summed E-state index contributed by atoms with van der Waals surface area (Å²) in [5.74, 6) is 1.04. The number of carbonyl (C=O) groups excluding carboxylic acids is 1. The molecule has 2 aromatic carbocycles. The molecular formula is C18H21NO3. The SMILES string of the molecule is CCCOc1ccccc1OCC(=O)Nc1ccc(C)cc1. The Bertz CT molecular complexity index is 608. The van der Waals surface area contributed by atoms with Gasteiger partial charge in [0.25, 0.3) is 5.91 Å². The number of hydrogen-bond donors (Lipinski definition) is 1. The first-order valence-corrected chi connectivity index (χ1v) is 7.40. The standard InChI is InChI=1S/C18H21NO3/c1-3-12-21-16-6-4-5-7-17(16)22-13-18(20)19-15-10-8-14(2)9-11-15/h4-11H,3,12-13H2,1-2H3,(H,19,20). The molecule has 0 unspecified atom stereocenters. The third-order valence-electron chi connectivity index (χ3n) is 3.00. The van der Waals surface area contributed by atoms with E-state index in [1.54, 1.807) is 6.07 Å². The number of para-hydroxylation sites is 2. The van der Waals surface area contributed by atoms with Crippen LogP contribution in [0.25, 0.3) is 0 Å². The fourth-order valence-electron chi connectivity index (χ4n) is 1.88. The van der Waals surface area contributed by atoms with Crippen LogP contribution in [0, 0.1) is 6.92 Å². The van der Waals surface area contributed by atoms with Crippen molar-refractivity contribution in [3.8, 4) is 11.5 Å². The fraction of sp³-hybridized carbons (Fsp3) is 0.278. The first-order valence-electron chi connectivity index (χ1n) is 7.40. The van der Waals surface area contributed by atoms with Gasteiger partial charge in [0.05, 0.1) is 6.61 Å². The van der Waals surface area contributed by atoms with Crippen molar-refractivity contribution in [1.29, 1.82) is 0 Å². The van der Waals surface area contributed by atoms with E-state index in [1.165, 1.54) is 0 Å².